The maximum atomic E-state index is 12.1. The summed E-state index contributed by atoms with van der Waals surface area (Å²) in [6, 6.07) is 2.53. The lowest BCUT2D eigenvalue weighted by Crippen LogP contribution is -2.13. The summed E-state index contributed by atoms with van der Waals surface area (Å²) < 4.78 is 28.5. The molecule has 0 aliphatic carbocycles. The minimum absolute atomic E-state index is 0.0397. The largest absolute Gasteiger partial charge is 0.479 e. The van der Waals surface area contributed by atoms with Crippen LogP contribution in [0, 0.1) is 0 Å². The van der Waals surface area contributed by atoms with Gasteiger partial charge in [-0.1, -0.05) is 15.9 Å². The summed E-state index contributed by atoms with van der Waals surface area (Å²) in [5, 5.41) is 18.1. The van der Waals surface area contributed by atoms with E-state index in [1.54, 1.807) is 0 Å². The van der Waals surface area contributed by atoms with Crippen LogP contribution >= 0.6 is 31.9 Å². The molecule has 0 saturated carbocycles. The van der Waals surface area contributed by atoms with E-state index in [0.717, 1.165) is 0 Å². The zero-order valence-electron chi connectivity index (χ0n) is 8.03. The quantitative estimate of drug-likeness (QED) is 0.849. The molecule has 0 saturated heterocycles. The molecule has 17 heavy (non-hydrogen) atoms. The maximum Gasteiger partial charge on any atom is 0.387 e. The van der Waals surface area contributed by atoms with Crippen LogP contribution in [0.5, 0.6) is 5.75 Å². The van der Waals surface area contributed by atoms with Crippen LogP contribution in [-0.4, -0.2) is 22.8 Å². The molecule has 0 aliphatic heterocycles. The number of benzene rings is 1. The van der Waals surface area contributed by atoms with Crippen LogP contribution in [0.4, 0.5) is 8.78 Å². The van der Waals surface area contributed by atoms with Crippen molar-refractivity contribution in [3.63, 3.8) is 0 Å². The number of aliphatic hydroxyl groups excluding tert-OH is 1. The van der Waals surface area contributed by atoms with Crippen LogP contribution in [-0.2, 0) is 4.79 Å². The molecular formula is C9H6Br2F2O4. The Morgan fingerprint density at radius 2 is 1.94 bits per heavy atom. The maximum absolute atomic E-state index is 12.1. The highest BCUT2D eigenvalue weighted by atomic mass is 79.9. The van der Waals surface area contributed by atoms with Crippen molar-refractivity contribution in [3.05, 3.63) is 26.6 Å². The topological polar surface area (TPSA) is 66.8 Å². The summed E-state index contributed by atoms with van der Waals surface area (Å²) in [6.45, 7) is -3.04. The van der Waals surface area contributed by atoms with Crippen molar-refractivity contribution in [2.24, 2.45) is 0 Å². The van der Waals surface area contributed by atoms with E-state index in [0.29, 0.717) is 0 Å². The number of hydrogen-bond donors (Lipinski definition) is 2. The van der Waals surface area contributed by atoms with Crippen molar-refractivity contribution in [2.75, 3.05) is 0 Å². The van der Waals surface area contributed by atoms with Gasteiger partial charge in [0, 0.05) is 10.0 Å². The van der Waals surface area contributed by atoms with Crippen LogP contribution in [0.15, 0.2) is 21.1 Å². The molecule has 1 unspecified atom stereocenters. The number of alkyl halides is 2. The third kappa shape index (κ3) is 3.36. The first-order valence-electron chi connectivity index (χ1n) is 4.18. The van der Waals surface area contributed by atoms with Crippen molar-refractivity contribution >= 4 is 37.8 Å². The fourth-order valence-electron chi connectivity index (χ4n) is 1.11. The molecule has 1 aromatic carbocycles. The Hall–Kier alpha value is -0.730. The third-order valence-corrected chi connectivity index (χ3v) is 3.32. The molecule has 1 aromatic rings. The summed E-state index contributed by atoms with van der Waals surface area (Å²) in [6.07, 6.45) is -1.85. The number of carboxylic acids is 1. The lowest BCUT2D eigenvalue weighted by Gasteiger charge is -2.14. The van der Waals surface area contributed by atoms with Gasteiger partial charge >= 0.3 is 12.6 Å². The van der Waals surface area contributed by atoms with Crippen molar-refractivity contribution in [3.8, 4) is 5.75 Å². The van der Waals surface area contributed by atoms with Crippen LogP contribution in [0.1, 0.15) is 11.7 Å². The number of aliphatic hydroxyl groups is 1. The summed E-state index contributed by atoms with van der Waals surface area (Å²) in [4.78, 5) is 10.7. The smallest absolute Gasteiger partial charge is 0.387 e. The molecule has 0 radical (unpaired) electrons. The summed E-state index contributed by atoms with van der Waals surface area (Å²) >= 11 is 5.94. The molecule has 8 heteroatoms. The molecule has 1 atom stereocenters. The second-order valence-electron chi connectivity index (χ2n) is 2.89. The van der Waals surface area contributed by atoms with Gasteiger partial charge in [-0.2, -0.15) is 8.78 Å². The zero-order chi connectivity index (χ0) is 13.2. The zero-order valence-corrected chi connectivity index (χ0v) is 11.2. The first-order chi connectivity index (χ1) is 7.84. The van der Waals surface area contributed by atoms with E-state index >= 15 is 0 Å². The predicted molar refractivity (Wildman–Crippen MR) is 61.1 cm³/mol. The second-order valence-corrected chi connectivity index (χ2v) is 4.54. The van der Waals surface area contributed by atoms with Gasteiger partial charge in [-0.15, -0.1) is 0 Å². The van der Waals surface area contributed by atoms with Crippen LogP contribution in [0.3, 0.4) is 0 Å². The number of rotatable bonds is 4. The van der Waals surface area contributed by atoms with Crippen LogP contribution < -0.4 is 4.74 Å². The fourth-order valence-corrected chi connectivity index (χ4v) is 2.58. The Morgan fingerprint density at radius 3 is 2.41 bits per heavy atom. The number of halogens is 4. The molecule has 2 N–H and O–H groups in total. The Balaban J connectivity index is 3.24. The van der Waals surface area contributed by atoms with Crippen molar-refractivity contribution in [1.29, 1.82) is 0 Å². The Morgan fingerprint density at radius 1 is 1.35 bits per heavy atom. The van der Waals surface area contributed by atoms with Gasteiger partial charge in [0.05, 0.1) is 4.47 Å². The number of hydrogen-bond acceptors (Lipinski definition) is 3. The van der Waals surface area contributed by atoms with Crippen molar-refractivity contribution in [1.82, 2.24) is 0 Å². The molecule has 94 valence electrons. The number of aliphatic carboxylic acids is 1. The van der Waals surface area contributed by atoms with E-state index in [4.69, 9.17) is 5.11 Å². The summed E-state index contributed by atoms with van der Waals surface area (Å²) in [5.41, 5.74) is -0.0874. The predicted octanol–water partition coefficient (Wildman–Crippen LogP) is 2.93. The summed E-state index contributed by atoms with van der Waals surface area (Å²) in [5.74, 6) is -1.75. The molecule has 1 rings (SSSR count). The molecule has 0 spiro atoms. The highest BCUT2D eigenvalue weighted by Gasteiger charge is 2.24. The Bertz CT molecular complexity index is 439. The van der Waals surface area contributed by atoms with Gasteiger partial charge < -0.3 is 14.9 Å². The normalized spacial score (nSPS) is 12.6. The third-order valence-electron chi connectivity index (χ3n) is 1.81. The number of ether oxygens (including phenoxy) is 1. The van der Waals surface area contributed by atoms with Crippen LogP contribution in [0.25, 0.3) is 0 Å². The van der Waals surface area contributed by atoms with E-state index < -0.39 is 18.7 Å². The van der Waals surface area contributed by atoms with Gasteiger partial charge in [-0.05, 0) is 28.1 Å². The number of carbonyl (C=O) groups is 1. The lowest BCUT2D eigenvalue weighted by atomic mass is 10.1. The highest BCUT2D eigenvalue weighted by Crippen LogP contribution is 2.38. The van der Waals surface area contributed by atoms with E-state index in [1.165, 1.54) is 12.1 Å². The van der Waals surface area contributed by atoms with Crippen LogP contribution in [0.2, 0.25) is 0 Å². The van der Waals surface area contributed by atoms with Gasteiger partial charge in [0.15, 0.2) is 6.10 Å². The van der Waals surface area contributed by atoms with Crippen molar-refractivity contribution in [2.45, 2.75) is 12.7 Å². The van der Waals surface area contributed by atoms with Gasteiger partial charge in [-0.25, -0.2) is 4.79 Å². The molecular weight excluding hydrogens is 370 g/mol. The fraction of sp³-hybridized carbons (Fsp3) is 0.222. The molecule has 0 aliphatic rings. The number of carboxylic acid groups (broad SMARTS) is 1. The van der Waals surface area contributed by atoms with Gasteiger partial charge in [0.1, 0.15) is 5.75 Å². The first kappa shape index (κ1) is 14.3. The Labute approximate surface area is 111 Å². The molecule has 0 amide bonds. The van der Waals surface area contributed by atoms with E-state index in [1.807, 2.05) is 0 Å². The minimum atomic E-state index is -3.04. The van der Waals surface area contributed by atoms with Gasteiger partial charge in [0.25, 0.3) is 0 Å². The van der Waals surface area contributed by atoms with E-state index in [2.05, 4.69) is 36.6 Å². The van der Waals surface area contributed by atoms with Gasteiger partial charge in [0.2, 0.25) is 0 Å². The Kier molecular flexibility index (Phi) is 4.84. The second kappa shape index (κ2) is 5.74. The lowest BCUT2D eigenvalue weighted by molar-refractivity contribution is -0.147. The van der Waals surface area contributed by atoms with Gasteiger partial charge in [-0.3, -0.25) is 0 Å². The van der Waals surface area contributed by atoms with E-state index in [-0.39, 0.29) is 20.3 Å². The van der Waals surface area contributed by atoms with E-state index in [9.17, 15) is 18.7 Å². The minimum Gasteiger partial charge on any atom is -0.479 e. The molecule has 0 fully saturated rings. The average molecular weight is 376 g/mol. The van der Waals surface area contributed by atoms with Crippen molar-refractivity contribution < 1.29 is 28.5 Å². The molecule has 0 bridgehead atoms. The highest BCUT2D eigenvalue weighted by molar-refractivity contribution is 9.11. The molecule has 4 nitrogen and oxygen atoms in total. The summed E-state index contributed by atoms with van der Waals surface area (Å²) in [7, 11) is 0. The standard InChI is InChI=1S/C9H6Br2F2O4/c10-3-1-2-4(17-9(12)13)6(11)5(3)7(14)8(15)16/h1-2,7,9,14H,(H,15,16). The monoisotopic (exact) mass is 374 g/mol. The molecule has 0 aromatic heterocycles. The molecule has 0 heterocycles. The SMILES string of the molecule is O=C(O)C(O)c1c(Br)ccc(OC(F)F)c1Br. The first-order valence-corrected chi connectivity index (χ1v) is 5.76. The average Bonchev–Trinajstić information content (AvgIpc) is 2.21.